The smallest absolute Gasteiger partial charge is 0.254 e. The second-order valence-corrected chi connectivity index (χ2v) is 13.0. The molecule has 3 aromatic carbocycles. The van der Waals surface area contributed by atoms with Gasteiger partial charge in [0, 0.05) is 61.7 Å². The van der Waals surface area contributed by atoms with Gasteiger partial charge in [-0.25, -0.2) is 9.67 Å². The number of carbonyl (C=O) groups is 4. The second-order valence-electron chi connectivity index (χ2n) is 12.0. The Kier molecular flexibility index (Phi) is 8.31. The third-order valence-corrected chi connectivity index (χ3v) is 9.45. The van der Waals surface area contributed by atoms with Gasteiger partial charge in [-0.05, 0) is 61.0 Å². The third-order valence-electron chi connectivity index (χ3n) is 8.38. The summed E-state index contributed by atoms with van der Waals surface area (Å²) in [5, 5.41) is 14.4. The van der Waals surface area contributed by atoms with Crippen molar-refractivity contribution in [2.75, 3.05) is 30.9 Å². The molecule has 4 amide bonds. The number of piperidine rings is 1. The summed E-state index contributed by atoms with van der Waals surface area (Å²) >= 11 is 1.60. The van der Waals surface area contributed by atoms with Crippen LogP contribution in [-0.2, 0) is 34.1 Å². The lowest BCUT2D eigenvalue weighted by molar-refractivity contribution is -0.136. The summed E-state index contributed by atoms with van der Waals surface area (Å²) in [6.07, 6.45) is 2.30. The van der Waals surface area contributed by atoms with Gasteiger partial charge < -0.3 is 19.9 Å². The highest BCUT2D eigenvalue weighted by molar-refractivity contribution is 7.21. The Balaban J connectivity index is 0.941. The Morgan fingerprint density at radius 1 is 1.10 bits per heavy atom. The topological polar surface area (TPSA) is 152 Å². The zero-order valence-corrected chi connectivity index (χ0v) is 27.1. The number of amides is 4. The lowest BCUT2D eigenvalue weighted by Crippen LogP contribution is -2.45. The van der Waals surface area contributed by atoms with E-state index in [9.17, 15) is 19.2 Å². The van der Waals surface area contributed by atoms with Crippen molar-refractivity contribution in [3.05, 3.63) is 83.7 Å². The molecule has 1 fully saturated rings. The molecule has 2 aromatic heterocycles. The van der Waals surface area contributed by atoms with E-state index in [1.165, 1.54) is 4.68 Å². The monoisotopic (exact) mass is 664 g/mol. The molecule has 1 unspecified atom stereocenters. The lowest BCUT2D eigenvalue weighted by atomic mass is 9.97. The number of hydrogen-bond donors (Lipinski definition) is 2. The Labute approximate surface area is 279 Å². The lowest BCUT2D eigenvalue weighted by Gasteiger charge is -2.25. The molecule has 0 saturated carbocycles. The minimum atomic E-state index is -0.454. The average Bonchev–Trinajstić information content (AvgIpc) is 3.79. The summed E-state index contributed by atoms with van der Waals surface area (Å²) in [5.41, 5.74) is 5.32. The molecule has 48 heavy (non-hydrogen) atoms. The van der Waals surface area contributed by atoms with Crippen molar-refractivity contribution in [2.24, 2.45) is 5.92 Å². The number of benzene rings is 3. The predicted octanol–water partition coefficient (Wildman–Crippen LogP) is 3.85. The number of nitrogens with one attached hydrogen (secondary N) is 2. The maximum absolute atomic E-state index is 13.1. The van der Waals surface area contributed by atoms with E-state index in [0.717, 1.165) is 26.5 Å². The van der Waals surface area contributed by atoms with Crippen LogP contribution in [0, 0.1) is 5.92 Å². The van der Waals surface area contributed by atoms with E-state index in [0.29, 0.717) is 34.7 Å². The van der Waals surface area contributed by atoms with Crippen LogP contribution in [0.4, 0.5) is 11.4 Å². The number of imide groups is 1. The molecular formula is C34H32N8O5S. The highest BCUT2D eigenvalue weighted by Crippen LogP contribution is 2.34. The van der Waals surface area contributed by atoms with Crippen LogP contribution in [0.2, 0.25) is 0 Å². The van der Waals surface area contributed by atoms with E-state index in [1.54, 1.807) is 40.6 Å². The number of fused-ring (bicyclic) bond motifs is 2. The molecule has 2 aliphatic heterocycles. The van der Waals surface area contributed by atoms with E-state index in [4.69, 9.17) is 9.72 Å². The second kappa shape index (κ2) is 12.9. The molecule has 0 spiro atoms. The van der Waals surface area contributed by atoms with E-state index >= 15 is 0 Å². The number of aromatic nitrogens is 4. The van der Waals surface area contributed by atoms with Gasteiger partial charge in [0.05, 0.1) is 22.3 Å². The van der Waals surface area contributed by atoms with Crippen LogP contribution < -0.4 is 20.3 Å². The first-order chi connectivity index (χ1) is 23.2. The Bertz CT molecular complexity index is 2050. The van der Waals surface area contributed by atoms with E-state index < -0.39 is 5.92 Å². The van der Waals surface area contributed by atoms with Gasteiger partial charge in [0.2, 0.25) is 17.7 Å². The van der Waals surface area contributed by atoms with Gasteiger partial charge in [0.25, 0.3) is 5.91 Å². The predicted molar refractivity (Wildman–Crippen MR) is 179 cm³/mol. The molecule has 2 N–H and O–H groups in total. The van der Waals surface area contributed by atoms with Gasteiger partial charge in [-0.15, -0.1) is 16.4 Å². The molecule has 0 bridgehead atoms. The average molecular weight is 665 g/mol. The normalized spacial score (nSPS) is 15.8. The molecule has 1 saturated heterocycles. The largest absolute Gasteiger partial charge is 0.487 e. The summed E-state index contributed by atoms with van der Waals surface area (Å²) in [6.45, 7) is 0.540. The summed E-state index contributed by atoms with van der Waals surface area (Å²) in [4.78, 5) is 58.2. The van der Waals surface area contributed by atoms with Crippen molar-refractivity contribution in [1.29, 1.82) is 0 Å². The molecule has 0 radical (unpaired) electrons. The number of ether oxygens (including phenoxy) is 1. The molecule has 5 aromatic rings. The third kappa shape index (κ3) is 6.47. The fourth-order valence-electron chi connectivity index (χ4n) is 5.83. The van der Waals surface area contributed by atoms with Crippen LogP contribution in [0.25, 0.3) is 20.8 Å². The number of anilines is 2. The van der Waals surface area contributed by atoms with Crippen LogP contribution in [0.5, 0.6) is 5.75 Å². The van der Waals surface area contributed by atoms with Crippen LogP contribution in [0.1, 0.15) is 34.5 Å². The number of hydrogen-bond acceptors (Lipinski definition) is 10. The van der Waals surface area contributed by atoms with Crippen LogP contribution in [-0.4, -0.2) is 69.1 Å². The quantitative estimate of drug-likeness (QED) is 0.212. The SMILES string of the molecule is CN(C)c1ccc(-c2nc3ccc(OCc4cn(CC(=O)Nc5cccc6c5CN(CC5CCC(=O)NC5=O)C6=O)nn4)cc3s2)cc1. The van der Waals surface area contributed by atoms with Crippen LogP contribution in [0.15, 0.2) is 66.9 Å². The Morgan fingerprint density at radius 2 is 1.94 bits per heavy atom. The van der Waals surface area contributed by atoms with Crippen molar-refractivity contribution in [1.82, 2.24) is 30.2 Å². The zero-order valence-electron chi connectivity index (χ0n) is 26.3. The van der Waals surface area contributed by atoms with Gasteiger partial charge in [-0.1, -0.05) is 11.3 Å². The fraction of sp³-hybridized carbons (Fsp3) is 0.265. The standard InChI is InChI=1S/C34H32N8O5S/c1-40(2)23-9-6-20(7-10-23)33-36-28-12-11-24(14-29(28)48-33)47-19-22-16-42(39-38-22)18-31(44)35-27-5-3-4-25-26(27)17-41(34(25)46)15-21-8-13-30(43)37-32(21)45/h3-7,9-12,14,16,21H,8,13,15,17-19H2,1-2H3,(H,35,44)(H,37,43,45). The molecule has 0 aliphatic carbocycles. The summed E-state index contributed by atoms with van der Waals surface area (Å²) in [6, 6.07) is 19.2. The van der Waals surface area contributed by atoms with Gasteiger partial charge >= 0.3 is 0 Å². The van der Waals surface area contributed by atoms with E-state index in [1.807, 2.05) is 32.3 Å². The van der Waals surface area contributed by atoms with Gasteiger partial charge in [-0.2, -0.15) is 0 Å². The number of nitrogens with zero attached hydrogens (tertiary/aromatic N) is 6. The highest BCUT2D eigenvalue weighted by atomic mass is 32.1. The minimum Gasteiger partial charge on any atom is -0.487 e. The maximum atomic E-state index is 13.1. The van der Waals surface area contributed by atoms with Crippen molar-refractivity contribution in [2.45, 2.75) is 32.5 Å². The molecule has 244 valence electrons. The van der Waals surface area contributed by atoms with Gasteiger partial charge in [-0.3, -0.25) is 24.5 Å². The van der Waals surface area contributed by atoms with Gasteiger partial charge in [0.15, 0.2) is 0 Å². The first-order valence-electron chi connectivity index (χ1n) is 15.4. The van der Waals surface area contributed by atoms with Crippen LogP contribution >= 0.6 is 11.3 Å². The first kappa shape index (κ1) is 31.0. The highest BCUT2D eigenvalue weighted by Gasteiger charge is 2.35. The number of rotatable bonds is 10. The van der Waals surface area contributed by atoms with Crippen molar-refractivity contribution in [3.8, 4) is 16.3 Å². The maximum Gasteiger partial charge on any atom is 0.254 e. The van der Waals surface area contributed by atoms with Crippen molar-refractivity contribution in [3.63, 3.8) is 0 Å². The molecule has 7 rings (SSSR count). The Morgan fingerprint density at radius 3 is 2.73 bits per heavy atom. The van der Waals surface area contributed by atoms with E-state index in [-0.39, 0.29) is 56.3 Å². The van der Waals surface area contributed by atoms with Crippen molar-refractivity contribution >= 4 is 56.6 Å². The van der Waals surface area contributed by atoms with Crippen LogP contribution in [0.3, 0.4) is 0 Å². The number of thiazole rings is 1. The zero-order chi connectivity index (χ0) is 33.4. The number of carbonyl (C=O) groups excluding carboxylic acids is 4. The summed E-state index contributed by atoms with van der Waals surface area (Å²) in [5.74, 6) is -0.985. The molecular weight excluding hydrogens is 632 g/mol. The summed E-state index contributed by atoms with van der Waals surface area (Å²) in [7, 11) is 4.02. The molecule has 1 atom stereocenters. The molecule has 2 aliphatic rings. The van der Waals surface area contributed by atoms with Crippen molar-refractivity contribution < 1.29 is 23.9 Å². The summed E-state index contributed by atoms with van der Waals surface area (Å²) < 4.78 is 8.42. The molecule has 13 nitrogen and oxygen atoms in total. The Hall–Kier alpha value is -5.63. The molecule has 14 heteroatoms. The minimum absolute atomic E-state index is 0.0876. The first-order valence-corrected chi connectivity index (χ1v) is 16.3. The fourth-order valence-corrected chi connectivity index (χ4v) is 6.83. The van der Waals surface area contributed by atoms with Gasteiger partial charge in [0.1, 0.15) is 29.6 Å². The van der Waals surface area contributed by atoms with E-state index in [2.05, 4.69) is 50.1 Å². The molecule has 4 heterocycles.